The molecule has 1 N–H and O–H groups in total. The summed E-state index contributed by atoms with van der Waals surface area (Å²) < 4.78 is 7.73. The van der Waals surface area contributed by atoms with Gasteiger partial charge in [0.25, 0.3) is 11.5 Å². The van der Waals surface area contributed by atoms with E-state index in [1.807, 2.05) is 37.5 Å². The number of ether oxygens (including phenoxy) is 1. The number of aromatic nitrogens is 2. The van der Waals surface area contributed by atoms with Crippen molar-refractivity contribution in [2.45, 2.75) is 51.9 Å². The van der Waals surface area contributed by atoms with E-state index in [1.54, 1.807) is 15.7 Å². The van der Waals surface area contributed by atoms with Gasteiger partial charge in [-0.05, 0) is 74.9 Å². The Labute approximate surface area is 183 Å². The molecule has 1 amide bonds. The van der Waals surface area contributed by atoms with Crippen molar-refractivity contribution >= 4 is 5.91 Å². The lowest BCUT2D eigenvalue weighted by molar-refractivity contribution is -0.000537. The van der Waals surface area contributed by atoms with Gasteiger partial charge in [0.1, 0.15) is 5.56 Å². The smallest absolute Gasteiger partial charge is 0.263 e. The highest BCUT2D eigenvalue weighted by Gasteiger charge is 2.27. The van der Waals surface area contributed by atoms with Crippen LogP contribution in [0.5, 0.6) is 0 Å². The first-order valence-corrected chi connectivity index (χ1v) is 11.3. The number of carbonyl (C=O) groups excluding carboxylic acids is 1. The lowest BCUT2D eigenvalue weighted by Gasteiger charge is -2.32. The lowest BCUT2D eigenvalue weighted by atomic mass is 9.99. The number of hydrogen-bond donors (Lipinski definition) is 1. The highest BCUT2D eigenvalue weighted by Crippen LogP contribution is 2.18. The molecule has 2 aromatic heterocycles. The van der Waals surface area contributed by atoms with E-state index in [2.05, 4.69) is 10.3 Å². The minimum Gasteiger partial charge on any atom is -0.373 e. The number of piperidine rings is 2. The summed E-state index contributed by atoms with van der Waals surface area (Å²) in [6, 6.07) is 5.80. The number of rotatable bonds is 6. The van der Waals surface area contributed by atoms with Crippen LogP contribution in [0.4, 0.5) is 0 Å². The van der Waals surface area contributed by atoms with Crippen molar-refractivity contribution in [3.05, 3.63) is 63.8 Å². The molecule has 2 fully saturated rings. The van der Waals surface area contributed by atoms with Gasteiger partial charge in [-0.15, -0.1) is 0 Å². The summed E-state index contributed by atoms with van der Waals surface area (Å²) in [7, 11) is 0. The van der Waals surface area contributed by atoms with E-state index in [1.165, 1.54) is 0 Å². The molecule has 7 nitrogen and oxygen atoms in total. The number of nitrogens with one attached hydrogen (secondary N) is 1. The fraction of sp³-hybridized carbons (Fsp3) is 0.542. The molecule has 1 atom stereocenters. The second-order valence-electron chi connectivity index (χ2n) is 8.71. The number of pyridine rings is 2. The molecule has 0 aliphatic carbocycles. The summed E-state index contributed by atoms with van der Waals surface area (Å²) in [6.45, 7) is 6.24. The van der Waals surface area contributed by atoms with Crippen molar-refractivity contribution in [1.82, 2.24) is 19.8 Å². The molecule has 4 rings (SSSR count). The number of nitrogens with zero attached hydrogens (tertiary/aromatic N) is 3. The fourth-order valence-corrected chi connectivity index (χ4v) is 4.51. The molecular weight excluding hydrogens is 392 g/mol. The first kappa shape index (κ1) is 21.7. The Morgan fingerprint density at radius 2 is 2.10 bits per heavy atom. The molecule has 0 saturated carbocycles. The van der Waals surface area contributed by atoms with E-state index in [0.717, 1.165) is 49.9 Å². The maximum absolute atomic E-state index is 13.2. The molecule has 166 valence electrons. The third kappa shape index (κ3) is 5.40. The van der Waals surface area contributed by atoms with Crippen molar-refractivity contribution in [2.24, 2.45) is 5.92 Å². The lowest BCUT2D eigenvalue weighted by Crippen LogP contribution is -2.44. The maximum atomic E-state index is 13.2. The zero-order valence-corrected chi connectivity index (χ0v) is 18.3. The second-order valence-corrected chi connectivity index (χ2v) is 8.71. The van der Waals surface area contributed by atoms with Crippen LogP contribution in [0.1, 0.15) is 47.2 Å². The van der Waals surface area contributed by atoms with E-state index in [-0.39, 0.29) is 17.6 Å². The van der Waals surface area contributed by atoms with E-state index < -0.39 is 0 Å². The Bertz CT molecular complexity index is 930. The first-order chi connectivity index (χ1) is 15.1. The van der Waals surface area contributed by atoms with Crippen LogP contribution in [0.2, 0.25) is 0 Å². The summed E-state index contributed by atoms with van der Waals surface area (Å²) in [5.74, 6) is 0.286. The van der Waals surface area contributed by atoms with Gasteiger partial charge in [0.2, 0.25) is 0 Å². The third-order valence-electron chi connectivity index (χ3n) is 6.38. The normalized spacial score (nSPS) is 20.0. The van der Waals surface area contributed by atoms with Crippen molar-refractivity contribution in [3.8, 4) is 0 Å². The van der Waals surface area contributed by atoms with Crippen LogP contribution in [-0.2, 0) is 17.9 Å². The quantitative estimate of drug-likeness (QED) is 0.771. The predicted molar refractivity (Wildman–Crippen MR) is 119 cm³/mol. The van der Waals surface area contributed by atoms with Crippen LogP contribution in [-0.4, -0.2) is 52.6 Å². The highest BCUT2D eigenvalue weighted by molar-refractivity contribution is 5.95. The molecule has 0 aromatic carbocycles. The molecule has 2 aromatic rings. The topological polar surface area (TPSA) is 76.5 Å². The highest BCUT2D eigenvalue weighted by atomic mass is 16.5. The minimum atomic E-state index is -0.162. The van der Waals surface area contributed by atoms with Gasteiger partial charge in [-0.1, -0.05) is 6.07 Å². The molecule has 2 saturated heterocycles. The summed E-state index contributed by atoms with van der Waals surface area (Å²) in [5, 5.41) is 3.39. The summed E-state index contributed by atoms with van der Waals surface area (Å²) >= 11 is 0. The fourth-order valence-electron chi connectivity index (χ4n) is 4.51. The van der Waals surface area contributed by atoms with Crippen molar-refractivity contribution in [3.63, 3.8) is 0 Å². The molecule has 2 aliphatic heterocycles. The van der Waals surface area contributed by atoms with Crippen LogP contribution < -0.4 is 10.9 Å². The molecule has 0 spiro atoms. The average molecular weight is 425 g/mol. The molecule has 7 heteroatoms. The van der Waals surface area contributed by atoms with Crippen LogP contribution in [0.15, 0.2) is 41.6 Å². The first-order valence-electron chi connectivity index (χ1n) is 11.3. The van der Waals surface area contributed by atoms with Gasteiger partial charge in [0.05, 0.1) is 12.7 Å². The average Bonchev–Trinajstić information content (AvgIpc) is 2.81. The largest absolute Gasteiger partial charge is 0.373 e. The van der Waals surface area contributed by atoms with Gasteiger partial charge in [0.15, 0.2) is 0 Å². The van der Waals surface area contributed by atoms with Gasteiger partial charge in [-0.2, -0.15) is 0 Å². The standard InChI is InChI=1S/C24H32N4O3/c1-18-6-11-28(16-19-4-2-9-25-14-19)24(30)22(18)23(29)27-12-7-21(8-13-27)31-17-20-5-3-10-26-15-20/h3,5-6,10-11,15,19,21,25H,2,4,7-9,12-14,16-17H2,1H3. The van der Waals surface area contributed by atoms with Gasteiger partial charge in [-0.3, -0.25) is 14.6 Å². The molecule has 0 bridgehead atoms. The van der Waals surface area contributed by atoms with Gasteiger partial charge in [-0.25, -0.2) is 0 Å². The summed E-state index contributed by atoms with van der Waals surface area (Å²) in [5.41, 5.74) is 1.96. The zero-order chi connectivity index (χ0) is 21.6. The van der Waals surface area contributed by atoms with Crippen LogP contribution in [0.25, 0.3) is 0 Å². The molecule has 0 radical (unpaired) electrons. The number of carbonyl (C=O) groups is 1. The SMILES string of the molecule is Cc1ccn(CC2CCCNC2)c(=O)c1C(=O)N1CCC(OCc2cccnc2)CC1. The molecular formula is C24H32N4O3. The monoisotopic (exact) mass is 424 g/mol. The van der Waals surface area contributed by atoms with Crippen LogP contribution in [0, 0.1) is 12.8 Å². The number of hydrogen-bond acceptors (Lipinski definition) is 5. The van der Waals surface area contributed by atoms with E-state index in [4.69, 9.17) is 4.74 Å². The van der Waals surface area contributed by atoms with E-state index >= 15 is 0 Å². The van der Waals surface area contributed by atoms with Crippen LogP contribution >= 0.6 is 0 Å². The third-order valence-corrected chi connectivity index (χ3v) is 6.38. The van der Waals surface area contributed by atoms with E-state index in [0.29, 0.717) is 37.7 Å². The minimum absolute atomic E-state index is 0.122. The Balaban J connectivity index is 1.37. The van der Waals surface area contributed by atoms with Crippen molar-refractivity contribution < 1.29 is 9.53 Å². The molecule has 4 heterocycles. The Hall–Kier alpha value is -2.51. The zero-order valence-electron chi connectivity index (χ0n) is 18.3. The maximum Gasteiger partial charge on any atom is 0.263 e. The molecule has 2 aliphatic rings. The number of likely N-dealkylation sites (tertiary alicyclic amines) is 1. The van der Waals surface area contributed by atoms with E-state index in [9.17, 15) is 9.59 Å². The molecule has 31 heavy (non-hydrogen) atoms. The Kier molecular flexibility index (Phi) is 7.14. The number of amides is 1. The van der Waals surface area contributed by atoms with Gasteiger partial charge in [0, 0.05) is 38.2 Å². The van der Waals surface area contributed by atoms with Gasteiger partial charge < -0.3 is 19.5 Å². The molecule has 1 unspecified atom stereocenters. The summed E-state index contributed by atoms with van der Waals surface area (Å²) in [4.78, 5) is 32.3. The second kappa shape index (κ2) is 10.2. The van der Waals surface area contributed by atoms with Crippen molar-refractivity contribution in [2.75, 3.05) is 26.2 Å². The summed E-state index contributed by atoms with van der Waals surface area (Å²) in [6.07, 6.45) is 9.32. The Morgan fingerprint density at radius 1 is 1.26 bits per heavy atom. The van der Waals surface area contributed by atoms with Crippen LogP contribution in [0.3, 0.4) is 0 Å². The predicted octanol–water partition coefficient (Wildman–Crippen LogP) is 2.37. The van der Waals surface area contributed by atoms with Gasteiger partial charge >= 0.3 is 0 Å². The Morgan fingerprint density at radius 3 is 2.81 bits per heavy atom. The number of aryl methyl sites for hydroxylation is 1. The van der Waals surface area contributed by atoms with Crippen molar-refractivity contribution in [1.29, 1.82) is 0 Å².